The van der Waals surface area contributed by atoms with Crippen LogP contribution in [0.1, 0.15) is 23.7 Å². The summed E-state index contributed by atoms with van der Waals surface area (Å²) >= 11 is 3.62. The lowest BCUT2D eigenvalue weighted by Crippen LogP contribution is -2.22. The predicted molar refractivity (Wildman–Crippen MR) is 91.6 cm³/mol. The van der Waals surface area contributed by atoms with Crippen LogP contribution in [0.4, 0.5) is 5.82 Å². The van der Waals surface area contributed by atoms with E-state index in [4.69, 9.17) is 0 Å². The minimum Gasteiger partial charge on any atom is -0.355 e. The molecule has 1 N–H and O–H groups in total. The Hall–Kier alpha value is -1.33. The second-order valence-electron chi connectivity index (χ2n) is 5.24. The zero-order chi connectivity index (χ0) is 15.4. The second-order valence-corrected chi connectivity index (χ2v) is 6.09. The van der Waals surface area contributed by atoms with Crippen LogP contribution in [0.3, 0.4) is 0 Å². The van der Waals surface area contributed by atoms with Gasteiger partial charge >= 0.3 is 0 Å². The summed E-state index contributed by atoms with van der Waals surface area (Å²) in [7, 11) is 4.12. The Morgan fingerprint density at radius 3 is 2.71 bits per heavy atom. The first-order valence-electron chi connectivity index (χ1n) is 7.22. The third-order valence-corrected chi connectivity index (χ3v) is 4.37. The number of aryl methyl sites for hydroxylation is 2. The predicted octanol–water partition coefficient (Wildman–Crippen LogP) is 3.24. The van der Waals surface area contributed by atoms with Gasteiger partial charge in [-0.2, -0.15) is 5.10 Å². The fourth-order valence-electron chi connectivity index (χ4n) is 2.58. The zero-order valence-corrected chi connectivity index (χ0v) is 14.7. The zero-order valence-electron chi connectivity index (χ0n) is 13.2. The summed E-state index contributed by atoms with van der Waals surface area (Å²) in [6.07, 6.45) is 0. The van der Waals surface area contributed by atoms with Gasteiger partial charge in [-0.05, 0) is 25.1 Å². The highest BCUT2D eigenvalue weighted by Crippen LogP contribution is 2.25. The van der Waals surface area contributed by atoms with Gasteiger partial charge in [-0.3, -0.25) is 4.68 Å². The number of hydrogen-bond donors (Lipinski definition) is 1. The third kappa shape index (κ3) is 3.66. The summed E-state index contributed by atoms with van der Waals surface area (Å²) in [5.74, 6) is 1.17. The molecule has 4 nitrogen and oxygen atoms in total. The standard InChI is InChI=1S/C16H23BrN4/c1-5-18-10-14-12(2)19-21(4)16(14)20(3)11-13-8-6-7-9-15(13)17/h6-9,18H,5,10-11H2,1-4H3. The molecule has 0 saturated carbocycles. The normalized spacial score (nSPS) is 10.9. The lowest BCUT2D eigenvalue weighted by Gasteiger charge is -2.22. The molecule has 0 fully saturated rings. The maximum Gasteiger partial charge on any atom is 0.131 e. The lowest BCUT2D eigenvalue weighted by molar-refractivity contribution is 0.709. The third-order valence-electron chi connectivity index (χ3n) is 3.59. The van der Waals surface area contributed by atoms with Crippen LogP contribution in [0.5, 0.6) is 0 Å². The number of nitrogens with zero attached hydrogens (tertiary/aromatic N) is 3. The summed E-state index contributed by atoms with van der Waals surface area (Å²) in [6.45, 7) is 6.85. The van der Waals surface area contributed by atoms with Crippen molar-refractivity contribution in [2.45, 2.75) is 26.9 Å². The Bertz CT molecular complexity index is 606. The molecule has 114 valence electrons. The average Bonchev–Trinajstić information content (AvgIpc) is 2.73. The summed E-state index contributed by atoms with van der Waals surface area (Å²) < 4.78 is 3.11. The number of halogens is 1. The molecule has 0 aliphatic heterocycles. The Balaban J connectivity index is 2.26. The molecule has 0 spiro atoms. The molecule has 2 aromatic rings. The summed E-state index contributed by atoms with van der Waals surface area (Å²) in [5, 5.41) is 7.97. The van der Waals surface area contributed by atoms with Gasteiger partial charge in [-0.15, -0.1) is 0 Å². The van der Waals surface area contributed by atoms with Crippen molar-refractivity contribution in [1.29, 1.82) is 0 Å². The molecule has 1 aromatic heterocycles. The largest absolute Gasteiger partial charge is 0.355 e. The van der Waals surface area contributed by atoms with E-state index in [0.29, 0.717) is 0 Å². The number of rotatable bonds is 6. The Kier molecular flexibility index (Phi) is 5.42. The average molecular weight is 351 g/mol. The van der Waals surface area contributed by atoms with Gasteiger partial charge in [0.2, 0.25) is 0 Å². The molecule has 0 aliphatic carbocycles. The van der Waals surface area contributed by atoms with Crippen LogP contribution in [0, 0.1) is 6.92 Å². The molecule has 0 aliphatic rings. The van der Waals surface area contributed by atoms with E-state index in [0.717, 1.165) is 29.8 Å². The monoisotopic (exact) mass is 350 g/mol. The van der Waals surface area contributed by atoms with E-state index in [1.807, 2.05) is 17.8 Å². The SMILES string of the molecule is CCNCc1c(C)nn(C)c1N(C)Cc1ccccc1Br. The fourth-order valence-corrected chi connectivity index (χ4v) is 2.99. The number of aromatic nitrogens is 2. The van der Waals surface area contributed by atoms with Crippen molar-refractivity contribution in [1.82, 2.24) is 15.1 Å². The van der Waals surface area contributed by atoms with Gasteiger partial charge in [0.05, 0.1) is 5.69 Å². The summed E-state index contributed by atoms with van der Waals surface area (Å²) in [5.41, 5.74) is 3.63. The van der Waals surface area contributed by atoms with Crippen molar-refractivity contribution in [3.8, 4) is 0 Å². The Labute approximate surface area is 135 Å². The quantitative estimate of drug-likeness (QED) is 0.867. The van der Waals surface area contributed by atoms with Gasteiger partial charge in [-0.25, -0.2) is 0 Å². The molecule has 0 radical (unpaired) electrons. The van der Waals surface area contributed by atoms with Crippen LogP contribution >= 0.6 is 15.9 Å². The van der Waals surface area contributed by atoms with Gasteiger partial charge in [0.1, 0.15) is 5.82 Å². The van der Waals surface area contributed by atoms with Crippen LogP contribution in [0.15, 0.2) is 28.7 Å². The van der Waals surface area contributed by atoms with Crippen LogP contribution < -0.4 is 10.2 Å². The van der Waals surface area contributed by atoms with E-state index in [2.05, 4.69) is 70.3 Å². The van der Waals surface area contributed by atoms with Crippen LogP contribution in [0.2, 0.25) is 0 Å². The molecule has 0 saturated heterocycles. The van der Waals surface area contributed by atoms with Crippen LogP contribution in [-0.2, 0) is 20.1 Å². The van der Waals surface area contributed by atoms with Crippen molar-refractivity contribution in [3.63, 3.8) is 0 Å². The minimum absolute atomic E-state index is 0.847. The van der Waals surface area contributed by atoms with E-state index >= 15 is 0 Å². The number of nitrogens with one attached hydrogen (secondary N) is 1. The summed E-state index contributed by atoms with van der Waals surface area (Å²) in [4.78, 5) is 2.26. The van der Waals surface area contributed by atoms with Crippen molar-refractivity contribution in [2.75, 3.05) is 18.5 Å². The van der Waals surface area contributed by atoms with E-state index in [1.54, 1.807) is 0 Å². The maximum atomic E-state index is 4.57. The van der Waals surface area contributed by atoms with Gasteiger partial charge in [-0.1, -0.05) is 41.1 Å². The Morgan fingerprint density at radius 1 is 1.33 bits per heavy atom. The number of anilines is 1. The van der Waals surface area contributed by atoms with E-state index < -0.39 is 0 Å². The minimum atomic E-state index is 0.847. The van der Waals surface area contributed by atoms with Gasteiger partial charge < -0.3 is 10.2 Å². The van der Waals surface area contributed by atoms with Gasteiger partial charge in [0.15, 0.2) is 0 Å². The molecule has 0 amide bonds. The molecule has 0 unspecified atom stereocenters. The smallest absolute Gasteiger partial charge is 0.131 e. The molecule has 1 heterocycles. The molecule has 21 heavy (non-hydrogen) atoms. The van der Waals surface area contributed by atoms with Crippen LogP contribution in [-0.4, -0.2) is 23.4 Å². The molecule has 0 bridgehead atoms. The topological polar surface area (TPSA) is 33.1 Å². The first kappa shape index (κ1) is 16.0. The highest BCUT2D eigenvalue weighted by atomic mass is 79.9. The molecule has 2 rings (SSSR count). The molecular weight excluding hydrogens is 328 g/mol. The second kappa shape index (κ2) is 7.09. The van der Waals surface area contributed by atoms with E-state index in [1.165, 1.54) is 16.9 Å². The number of benzene rings is 1. The molecule has 0 atom stereocenters. The summed E-state index contributed by atoms with van der Waals surface area (Å²) in [6, 6.07) is 8.34. The molecule has 5 heteroatoms. The van der Waals surface area contributed by atoms with Crippen molar-refractivity contribution < 1.29 is 0 Å². The fraction of sp³-hybridized carbons (Fsp3) is 0.438. The first-order valence-corrected chi connectivity index (χ1v) is 8.01. The lowest BCUT2D eigenvalue weighted by atomic mass is 10.2. The number of hydrogen-bond acceptors (Lipinski definition) is 3. The van der Waals surface area contributed by atoms with Crippen LogP contribution in [0.25, 0.3) is 0 Å². The maximum absolute atomic E-state index is 4.57. The van der Waals surface area contributed by atoms with Crippen molar-refractivity contribution in [2.24, 2.45) is 7.05 Å². The van der Waals surface area contributed by atoms with E-state index in [-0.39, 0.29) is 0 Å². The van der Waals surface area contributed by atoms with Gasteiger partial charge in [0.25, 0.3) is 0 Å². The highest BCUT2D eigenvalue weighted by Gasteiger charge is 2.17. The van der Waals surface area contributed by atoms with Crippen molar-refractivity contribution in [3.05, 3.63) is 45.6 Å². The molecule has 1 aromatic carbocycles. The molecular formula is C16H23BrN4. The van der Waals surface area contributed by atoms with Gasteiger partial charge in [0, 0.05) is 37.2 Å². The Morgan fingerprint density at radius 2 is 2.05 bits per heavy atom. The van der Waals surface area contributed by atoms with E-state index in [9.17, 15) is 0 Å². The first-order chi connectivity index (χ1) is 10.0. The van der Waals surface area contributed by atoms with Crippen molar-refractivity contribution >= 4 is 21.7 Å². The highest BCUT2D eigenvalue weighted by molar-refractivity contribution is 9.10.